The summed E-state index contributed by atoms with van der Waals surface area (Å²) < 4.78 is 1.71. The number of nitrogens with zero attached hydrogens (tertiary/aromatic N) is 3. The highest BCUT2D eigenvalue weighted by Gasteiger charge is 2.09. The van der Waals surface area contributed by atoms with Gasteiger partial charge in [0.05, 0.1) is 23.9 Å². The van der Waals surface area contributed by atoms with E-state index in [1.165, 1.54) is 0 Å². The number of amides is 2. The Hall–Kier alpha value is -3.22. The van der Waals surface area contributed by atoms with Crippen molar-refractivity contribution in [2.24, 2.45) is 0 Å². The zero-order valence-corrected chi connectivity index (χ0v) is 13.9. The molecule has 2 aromatic heterocycles. The van der Waals surface area contributed by atoms with Gasteiger partial charge in [-0.3, -0.25) is 19.3 Å². The number of rotatable bonds is 6. The Balaban J connectivity index is 1.49. The van der Waals surface area contributed by atoms with Gasteiger partial charge in [-0.2, -0.15) is 5.10 Å². The summed E-state index contributed by atoms with van der Waals surface area (Å²) in [6.07, 6.45) is 5.55. The quantitative estimate of drug-likeness (QED) is 0.719. The molecule has 25 heavy (non-hydrogen) atoms. The Morgan fingerprint density at radius 2 is 2.00 bits per heavy atom. The first-order chi connectivity index (χ1) is 12.1. The molecule has 0 aliphatic heterocycles. The van der Waals surface area contributed by atoms with Gasteiger partial charge in [0.1, 0.15) is 0 Å². The molecule has 3 aromatic rings. The van der Waals surface area contributed by atoms with Gasteiger partial charge in [0, 0.05) is 30.7 Å². The van der Waals surface area contributed by atoms with E-state index in [-0.39, 0.29) is 24.8 Å². The molecule has 0 bridgehead atoms. The maximum absolute atomic E-state index is 12.1. The van der Waals surface area contributed by atoms with Crippen LogP contribution in [0.4, 0.5) is 5.69 Å². The van der Waals surface area contributed by atoms with Gasteiger partial charge < -0.3 is 10.6 Å². The van der Waals surface area contributed by atoms with Crippen LogP contribution >= 0.6 is 0 Å². The van der Waals surface area contributed by atoms with Crippen LogP contribution in [0.5, 0.6) is 0 Å². The zero-order valence-electron chi connectivity index (χ0n) is 13.9. The Morgan fingerprint density at radius 1 is 1.16 bits per heavy atom. The molecule has 3 rings (SSSR count). The van der Waals surface area contributed by atoms with Crippen LogP contribution in [-0.2, 0) is 16.1 Å². The van der Waals surface area contributed by atoms with E-state index in [1.807, 2.05) is 37.4 Å². The minimum absolute atomic E-state index is 0.0831. The van der Waals surface area contributed by atoms with Crippen LogP contribution in [0.2, 0.25) is 0 Å². The first-order valence-electron chi connectivity index (χ1n) is 8.01. The average Bonchev–Trinajstić information content (AvgIpc) is 3.04. The van der Waals surface area contributed by atoms with Crippen molar-refractivity contribution in [2.75, 3.05) is 11.9 Å². The third kappa shape index (κ3) is 4.41. The number of carbonyl (C=O) groups is 2. The summed E-state index contributed by atoms with van der Waals surface area (Å²) >= 11 is 0. The van der Waals surface area contributed by atoms with Gasteiger partial charge in [-0.25, -0.2) is 0 Å². The lowest BCUT2D eigenvalue weighted by Gasteiger charge is -2.09. The number of pyridine rings is 1. The number of hydrogen-bond acceptors (Lipinski definition) is 4. The molecule has 1 aromatic carbocycles. The fraction of sp³-hybridized carbons (Fsp3) is 0.222. The van der Waals surface area contributed by atoms with E-state index in [4.69, 9.17) is 0 Å². The first-order valence-corrected chi connectivity index (χ1v) is 8.01. The number of aromatic nitrogens is 3. The van der Waals surface area contributed by atoms with Crippen molar-refractivity contribution >= 4 is 28.4 Å². The minimum Gasteiger partial charge on any atom is -0.347 e. The van der Waals surface area contributed by atoms with Crippen molar-refractivity contribution in [3.63, 3.8) is 0 Å². The summed E-state index contributed by atoms with van der Waals surface area (Å²) in [5, 5.41) is 10.5. The third-order valence-corrected chi connectivity index (χ3v) is 3.68. The van der Waals surface area contributed by atoms with Gasteiger partial charge >= 0.3 is 0 Å². The Labute approximate surface area is 145 Å². The molecule has 0 atom stereocenters. The summed E-state index contributed by atoms with van der Waals surface area (Å²) in [6.45, 7) is 2.34. The number of carbonyl (C=O) groups excluding carboxylic acids is 2. The average molecular weight is 337 g/mol. The summed E-state index contributed by atoms with van der Waals surface area (Å²) in [5.41, 5.74) is 2.39. The highest BCUT2D eigenvalue weighted by Crippen LogP contribution is 2.20. The normalized spacial score (nSPS) is 10.6. The van der Waals surface area contributed by atoms with Crippen LogP contribution < -0.4 is 10.6 Å². The third-order valence-electron chi connectivity index (χ3n) is 3.68. The molecule has 7 nitrogen and oxygen atoms in total. The van der Waals surface area contributed by atoms with Crippen LogP contribution in [0.15, 0.2) is 48.9 Å². The van der Waals surface area contributed by atoms with E-state index in [9.17, 15) is 9.59 Å². The van der Waals surface area contributed by atoms with Crippen molar-refractivity contribution in [3.8, 4) is 0 Å². The molecule has 0 radical (unpaired) electrons. The molecule has 0 aliphatic carbocycles. The number of fused-ring (bicyclic) bond motifs is 1. The molecular formula is C18H19N5O2. The van der Waals surface area contributed by atoms with Crippen LogP contribution in [0.1, 0.15) is 12.0 Å². The molecule has 0 aliphatic rings. The lowest BCUT2D eigenvalue weighted by atomic mass is 10.2. The highest BCUT2D eigenvalue weighted by atomic mass is 16.2. The molecule has 0 saturated heterocycles. The molecule has 2 heterocycles. The summed E-state index contributed by atoms with van der Waals surface area (Å²) in [7, 11) is 0. The molecule has 128 valence electrons. The highest BCUT2D eigenvalue weighted by molar-refractivity contribution is 6.01. The number of anilines is 1. The largest absolute Gasteiger partial charge is 0.347 e. The number of para-hydroxylation sites is 1. The van der Waals surface area contributed by atoms with Gasteiger partial charge in [0.15, 0.2) is 0 Å². The van der Waals surface area contributed by atoms with Gasteiger partial charge in [-0.1, -0.05) is 18.2 Å². The van der Waals surface area contributed by atoms with Crippen molar-refractivity contribution < 1.29 is 9.59 Å². The second-order valence-corrected chi connectivity index (χ2v) is 5.74. The van der Waals surface area contributed by atoms with Gasteiger partial charge in [-0.15, -0.1) is 0 Å². The number of nitrogens with one attached hydrogen (secondary N) is 2. The smallest absolute Gasteiger partial charge is 0.243 e. The lowest BCUT2D eigenvalue weighted by Crippen LogP contribution is -2.33. The van der Waals surface area contributed by atoms with E-state index in [2.05, 4.69) is 20.7 Å². The fourth-order valence-electron chi connectivity index (χ4n) is 2.47. The Bertz CT molecular complexity index is 898. The van der Waals surface area contributed by atoms with Gasteiger partial charge in [0.2, 0.25) is 11.8 Å². The van der Waals surface area contributed by atoms with Crippen molar-refractivity contribution in [1.29, 1.82) is 0 Å². The molecule has 0 saturated carbocycles. The molecular weight excluding hydrogens is 318 g/mol. The summed E-state index contributed by atoms with van der Waals surface area (Å²) in [4.78, 5) is 28.2. The minimum atomic E-state index is -0.290. The predicted octanol–water partition coefficient (Wildman–Crippen LogP) is 1.88. The Morgan fingerprint density at radius 3 is 2.80 bits per heavy atom. The monoisotopic (exact) mass is 337 g/mol. The standard InChI is InChI=1S/C18H19N5O2/c1-13-10-21-23(12-13)9-7-16(24)20-11-17(25)22-15-6-2-4-14-5-3-8-19-18(14)15/h2-6,8,10,12H,7,9,11H2,1H3,(H,20,24)(H,22,25). The second-order valence-electron chi connectivity index (χ2n) is 5.74. The SMILES string of the molecule is Cc1cnn(CCC(=O)NCC(=O)Nc2cccc3cccnc23)c1. The van der Waals surface area contributed by atoms with Crippen molar-refractivity contribution in [1.82, 2.24) is 20.1 Å². The van der Waals surface area contributed by atoms with E-state index in [0.717, 1.165) is 16.5 Å². The molecule has 0 spiro atoms. The van der Waals surface area contributed by atoms with E-state index < -0.39 is 0 Å². The van der Waals surface area contributed by atoms with E-state index in [1.54, 1.807) is 23.1 Å². The second kappa shape index (κ2) is 7.57. The first kappa shape index (κ1) is 16.6. The van der Waals surface area contributed by atoms with E-state index >= 15 is 0 Å². The lowest BCUT2D eigenvalue weighted by molar-refractivity contribution is -0.124. The van der Waals surface area contributed by atoms with Crippen LogP contribution in [0.25, 0.3) is 10.9 Å². The fourth-order valence-corrected chi connectivity index (χ4v) is 2.47. The number of benzene rings is 1. The van der Waals surface area contributed by atoms with Crippen molar-refractivity contribution in [3.05, 3.63) is 54.5 Å². The van der Waals surface area contributed by atoms with Crippen LogP contribution in [0, 0.1) is 6.92 Å². The molecule has 2 amide bonds. The Kier molecular flexibility index (Phi) is 5.03. The molecule has 0 unspecified atom stereocenters. The summed E-state index contributed by atoms with van der Waals surface area (Å²) in [5.74, 6) is -0.485. The van der Waals surface area contributed by atoms with Gasteiger partial charge in [-0.05, 0) is 24.6 Å². The zero-order chi connectivity index (χ0) is 17.6. The van der Waals surface area contributed by atoms with Crippen LogP contribution in [0.3, 0.4) is 0 Å². The van der Waals surface area contributed by atoms with Crippen molar-refractivity contribution in [2.45, 2.75) is 19.9 Å². The van der Waals surface area contributed by atoms with E-state index in [0.29, 0.717) is 12.2 Å². The molecule has 7 heteroatoms. The summed E-state index contributed by atoms with van der Waals surface area (Å²) in [6, 6.07) is 9.34. The number of aryl methyl sites for hydroxylation is 2. The maximum atomic E-state index is 12.1. The van der Waals surface area contributed by atoms with Crippen LogP contribution in [-0.4, -0.2) is 33.1 Å². The van der Waals surface area contributed by atoms with Gasteiger partial charge in [0.25, 0.3) is 0 Å². The topological polar surface area (TPSA) is 88.9 Å². The molecule has 2 N–H and O–H groups in total. The molecule has 0 fully saturated rings. The maximum Gasteiger partial charge on any atom is 0.243 e. The predicted molar refractivity (Wildman–Crippen MR) is 95.0 cm³/mol. The number of hydrogen-bond donors (Lipinski definition) is 2.